The lowest BCUT2D eigenvalue weighted by atomic mass is 10.2. The van der Waals surface area contributed by atoms with Crippen LogP contribution >= 0.6 is 24.2 Å². The Balaban J connectivity index is 0.00000256. The van der Waals surface area contributed by atoms with Gasteiger partial charge in [0.15, 0.2) is 0 Å². The van der Waals surface area contributed by atoms with Gasteiger partial charge < -0.3 is 15.0 Å². The van der Waals surface area contributed by atoms with Gasteiger partial charge in [-0.1, -0.05) is 6.92 Å². The number of ether oxygens (including phenoxy) is 1. The smallest absolute Gasteiger partial charge is 0.236 e. The molecule has 1 rings (SSSR count). The Morgan fingerprint density at radius 2 is 2.24 bits per heavy atom. The Morgan fingerprint density at radius 3 is 2.88 bits per heavy atom. The number of halogens is 1. The molecule has 2 unspecified atom stereocenters. The standard InChI is InChI=1S/C11H22N2O2S.ClH/c1-9-10(2)16-7-5-13(9)11(14)8-12-4-6-15-3;/h9-10,12H,4-8H2,1-3H3;1H. The van der Waals surface area contributed by atoms with Crippen molar-refractivity contribution in [2.45, 2.75) is 25.1 Å². The molecule has 0 aromatic carbocycles. The van der Waals surface area contributed by atoms with Gasteiger partial charge in [-0.25, -0.2) is 0 Å². The first-order valence-electron chi connectivity index (χ1n) is 5.77. The second-order valence-corrected chi connectivity index (χ2v) is 5.56. The van der Waals surface area contributed by atoms with E-state index >= 15 is 0 Å². The highest BCUT2D eigenvalue weighted by molar-refractivity contribution is 8.00. The fourth-order valence-corrected chi connectivity index (χ4v) is 2.86. The predicted octanol–water partition coefficient (Wildman–Crippen LogP) is 0.997. The molecule has 0 aromatic rings. The van der Waals surface area contributed by atoms with Gasteiger partial charge in [-0.15, -0.1) is 12.4 Å². The van der Waals surface area contributed by atoms with Crippen LogP contribution in [0.3, 0.4) is 0 Å². The molecule has 0 spiro atoms. The summed E-state index contributed by atoms with van der Waals surface area (Å²) in [6.07, 6.45) is 0. The van der Waals surface area contributed by atoms with E-state index in [9.17, 15) is 4.79 Å². The number of carbonyl (C=O) groups is 1. The molecule has 0 saturated carbocycles. The Bertz CT molecular complexity index is 232. The highest BCUT2D eigenvalue weighted by atomic mass is 35.5. The number of thioether (sulfide) groups is 1. The third-order valence-electron chi connectivity index (χ3n) is 2.96. The van der Waals surface area contributed by atoms with Gasteiger partial charge in [-0.05, 0) is 6.92 Å². The van der Waals surface area contributed by atoms with Gasteiger partial charge in [0.1, 0.15) is 0 Å². The molecule has 17 heavy (non-hydrogen) atoms. The largest absolute Gasteiger partial charge is 0.383 e. The van der Waals surface area contributed by atoms with Crippen LogP contribution in [-0.4, -0.2) is 61.2 Å². The summed E-state index contributed by atoms with van der Waals surface area (Å²) >= 11 is 1.94. The molecule has 1 amide bonds. The van der Waals surface area contributed by atoms with E-state index in [0.29, 0.717) is 24.4 Å². The highest BCUT2D eigenvalue weighted by Gasteiger charge is 2.28. The molecule has 0 aliphatic carbocycles. The number of hydrogen-bond donors (Lipinski definition) is 1. The summed E-state index contributed by atoms with van der Waals surface area (Å²) in [6, 6.07) is 0.343. The van der Waals surface area contributed by atoms with Gasteiger partial charge in [0.2, 0.25) is 5.91 Å². The number of hydrogen-bond acceptors (Lipinski definition) is 4. The molecule has 1 saturated heterocycles. The summed E-state index contributed by atoms with van der Waals surface area (Å²) in [7, 11) is 1.66. The molecule has 1 aliphatic heterocycles. The first-order chi connectivity index (χ1) is 7.66. The summed E-state index contributed by atoms with van der Waals surface area (Å²) < 4.78 is 4.92. The third-order valence-corrected chi connectivity index (χ3v) is 4.30. The molecule has 6 heteroatoms. The van der Waals surface area contributed by atoms with Crippen molar-refractivity contribution in [1.29, 1.82) is 0 Å². The molecule has 1 aliphatic rings. The second kappa shape index (κ2) is 9.03. The van der Waals surface area contributed by atoms with Gasteiger partial charge in [-0.2, -0.15) is 11.8 Å². The van der Waals surface area contributed by atoms with E-state index in [4.69, 9.17) is 4.74 Å². The SMILES string of the molecule is COCCNCC(=O)N1CCSC(C)C1C.Cl. The molecule has 0 radical (unpaired) electrons. The maximum atomic E-state index is 11.9. The van der Waals surface area contributed by atoms with Crippen LogP contribution in [0.2, 0.25) is 0 Å². The lowest BCUT2D eigenvalue weighted by molar-refractivity contribution is -0.132. The van der Waals surface area contributed by atoms with Gasteiger partial charge >= 0.3 is 0 Å². The average Bonchev–Trinajstić information content (AvgIpc) is 2.28. The van der Waals surface area contributed by atoms with Gasteiger partial charge in [-0.3, -0.25) is 4.79 Å². The van der Waals surface area contributed by atoms with Crippen LogP contribution in [0, 0.1) is 0 Å². The minimum atomic E-state index is 0. The zero-order valence-electron chi connectivity index (χ0n) is 10.8. The first kappa shape index (κ1) is 17.0. The maximum absolute atomic E-state index is 11.9. The minimum absolute atomic E-state index is 0. The zero-order chi connectivity index (χ0) is 12.0. The number of methoxy groups -OCH3 is 1. The van der Waals surface area contributed by atoms with Crippen LogP contribution in [0.15, 0.2) is 0 Å². The van der Waals surface area contributed by atoms with E-state index in [1.807, 2.05) is 16.7 Å². The average molecular weight is 283 g/mol. The number of carbonyl (C=O) groups excluding carboxylic acids is 1. The Labute approximate surface area is 114 Å². The monoisotopic (exact) mass is 282 g/mol. The van der Waals surface area contributed by atoms with Crippen LogP contribution in [0.4, 0.5) is 0 Å². The fourth-order valence-electron chi connectivity index (χ4n) is 1.76. The molecule has 2 atom stereocenters. The van der Waals surface area contributed by atoms with E-state index in [-0.39, 0.29) is 18.3 Å². The van der Waals surface area contributed by atoms with E-state index < -0.39 is 0 Å². The first-order valence-corrected chi connectivity index (χ1v) is 6.82. The van der Waals surface area contributed by atoms with Crippen molar-refractivity contribution in [3.05, 3.63) is 0 Å². The number of rotatable bonds is 5. The molecule has 1 N–H and O–H groups in total. The summed E-state index contributed by atoms with van der Waals surface area (Å²) in [5, 5.41) is 3.63. The van der Waals surface area contributed by atoms with Crippen LogP contribution in [0.5, 0.6) is 0 Å². The minimum Gasteiger partial charge on any atom is -0.383 e. The molecule has 102 valence electrons. The van der Waals surface area contributed by atoms with E-state index in [1.165, 1.54) is 0 Å². The zero-order valence-corrected chi connectivity index (χ0v) is 12.4. The van der Waals surface area contributed by atoms with Crippen molar-refractivity contribution in [3.63, 3.8) is 0 Å². The molecule has 0 aromatic heterocycles. The Morgan fingerprint density at radius 1 is 1.53 bits per heavy atom. The Kier molecular flexibility index (Phi) is 9.04. The quantitative estimate of drug-likeness (QED) is 0.764. The number of nitrogens with zero attached hydrogens (tertiary/aromatic N) is 1. The normalized spacial score (nSPS) is 24.3. The fraction of sp³-hybridized carbons (Fsp3) is 0.909. The van der Waals surface area contributed by atoms with Gasteiger partial charge in [0, 0.05) is 37.2 Å². The van der Waals surface area contributed by atoms with E-state index in [2.05, 4.69) is 19.2 Å². The molecule has 4 nitrogen and oxygen atoms in total. The van der Waals surface area contributed by atoms with Crippen LogP contribution in [-0.2, 0) is 9.53 Å². The van der Waals surface area contributed by atoms with Gasteiger partial charge in [0.05, 0.1) is 13.2 Å². The summed E-state index contributed by atoms with van der Waals surface area (Å²) in [5.41, 5.74) is 0. The van der Waals surface area contributed by atoms with Crippen molar-refractivity contribution in [3.8, 4) is 0 Å². The van der Waals surface area contributed by atoms with Crippen molar-refractivity contribution in [2.24, 2.45) is 0 Å². The lowest BCUT2D eigenvalue weighted by Crippen LogP contribution is -2.50. The number of amides is 1. The van der Waals surface area contributed by atoms with Gasteiger partial charge in [0.25, 0.3) is 0 Å². The molecular weight excluding hydrogens is 260 g/mol. The number of nitrogens with one attached hydrogen (secondary N) is 1. The van der Waals surface area contributed by atoms with E-state index in [1.54, 1.807) is 7.11 Å². The maximum Gasteiger partial charge on any atom is 0.236 e. The van der Waals surface area contributed by atoms with Crippen LogP contribution < -0.4 is 5.32 Å². The predicted molar refractivity (Wildman–Crippen MR) is 75.1 cm³/mol. The summed E-state index contributed by atoms with van der Waals surface area (Å²) in [6.45, 7) is 6.99. The van der Waals surface area contributed by atoms with Crippen LogP contribution in [0.25, 0.3) is 0 Å². The summed E-state index contributed by atoms with van der Waals surface area (Å²) in [4.78, 5) is 13.9. The molecule has 0 bridgehead atoms. The van der Waals surface area contributed by atoms with Crippen molar-refractivity contribution >= 4 is 30.1 Å². The Hall–Kier alpha value is 0.0300. The topological polar surface area (TPSA) is 41.6 Å². The summed E-state index contributed by atoms with van der Waals surface area (Å²) in [5.74, 6) is 1.26. The molecular formula is C11H23ClN2O2S. The van der Waals surface area contributed by atoms with Crippen LogP contribution in [0.1, 0.15) is 13.8 Å². The second-order valence-electron chi connectivity index (χ2n) is 4.07. The van der Waals surface area contributed by atoms with Crippen molar-refractivity contribution in [1.82, 2.24) is 10.2 Å². The van der Waals surface area contributed by atoms with E-state index in [0.717, 1.165) is 18.8 Å². The lowest BCUT2D eigenvalue weighted by Gasteiger charge is -2.37. The molecule has 1 fully saturated rings. The van der Waals surface area contributed by atoms with Crippen molar-refractivity contribution in [2.75, 3.05) is 39.1 Å². The van der Waals surface area contributed by atoms with Crippen molar-refractivity contribution < 1.29 is 9.53 Å². The molecule has 1 heterocycles. The third kappa shape index (κ3) is 5.46. The highest BCUT2D eigenvalue weighted by Crippen LogP contribution is 2.23.